The highest BCUT2D eigenvalue weighted by Crippen LogP contribution is 2.47. The van der Waals surface area contributed by atoms with E-state index in [-0.39, 0.29) is 10.8 Å². The van der Waals surface area contributed by atoms with Gasteiger partial charge in [0.25, 0.3) is 0 Å². The molecule has 3 aromatic rings. The molecule has 4 nitrogen and oxygen atoms in total. The zero-order valence-corrected chi connectivity index (χ0v) is 18.7. The standard InChI is InChI=1S/C26H32N2O2/c1-25(2,3)23-21(29-19-11-7-17(27)8-12-19)15-16-22(24(23)26(4,5)6)30-20-13-9-18(28)10-14-20/h7-16H,27-28H2,1-6H3. The van der Waals surface area contributed by atoms with Crippen molar-refractivity contribution in [3.05, 3.63) is 71.8 Å². The number of nitrogen functional groups attached to an aromatic ring is 2. The summed E-state index contributed by atoms with van der Waals surface area (Å²) in [6.45, 7) is 13.2. The maximum Gasteiger partial charge on any atom is 0.131 e. The van der Waals surface area contributed by atoms with Gasteiger partial charge in [-0.15, -0.1) is 0 Å². The van der Waals surface area contributed by atoms with E-state index in [1.54, 1.807) is 0 Å². The predicted octanol–water partition coefficient (Wildman–Crippen LogP) is 7.03. The average molecular weight is 405 g/mol. The first-order valence-corrected chi connectivity index (χ1v) is 10.2. The summed E-state index contributed by atoms with van der Waals surface area (Å²) in [6.07, 6.45) is 0. The van der Waals surface area contributed by atoms with Crippen LogP contribution in [0.25, 0.3) is 0 Å². The van der Waals surface area contributed by atoms with Gasteiger partial charge in [-0.1, -0.05) is 41.5 Å². The fourth-order valence-electron chi connectivity index (χ4n) is 3.55. The third-order valence-corrected chi connectivity index (χ3v) is 4.84. The molecular weight excluding hydrogens is 372 g/mol. The average Bonchev–Trinajstić information content (AvgIpc) is 2.64. The Morgan fingerprint density at radius 1 is 0.500 bits per heavy atom. The van der Waals surface area contributed by atoms with Crippen molar-refractivity contribution in [2.75, 3.05) is 11.5 Å². The van der Waals surface area contributed by atoms with E-state index in [2.05, 4.69) is 41.5 Å². The van der Waals surface area contributed by atoms with Gasteiger partial charge >= 0.3 is 0 Å². The van der Waals surface area contributed by atoms with Gasteiger partial charge in [0.2, 0.25) is 0 Å². The Hall–Kier alpha value is -3.14. The Morgan fingerprint density at radius 3 is 1.07 bits per heavy atom. The molecule has 0 aliphatic carbocycles. The summed E-state index contributed by atoms with van der Waals surface area (Å²) in [5.41, 5.74) is 15.0. The summed E-state index contributed by atoms with van der Waals surface area (Å²) in [6, 6.07) is 18.9. The predicted molar refractivity (Wildman–Crippen MR) is 126 cm³/mol. The minimum Gasteiger partial charge on any atom is -0.457 e. The molecule has 0 spiro atoms. The van der Waals surface area contributed by atoms with Crippen LogP contribution in [-0.4, -0.2) is 0 Å². The van der Waals surface area contributed by atoms with Crippen LogP contribution < -0.4 is 20.9 Å². The smallest absolute Gasteiger partial charge is 0.131 e. The van der Waals surface area contributed by atoms with E-state index in [1.807, 2.05) is 60.7 Å². The number of hydrogen-bond donors (Lipinski definition) is 2. The molecule has 0 saturated carbocycles. The van der Waals surface area contributed by atoms with E-state index < -0.39 is 0 Å². The van der Waals surface area contributed by atoms with Gasteiger partial charge in [0, 0.05) is 22.5 Å². The van der Waals surface area contributed by atoms with Gasteiger partial charge in [0.1, 0.15) is 23.0 Å². The lowest BCUT2D eigenvalue weighted by molar-refractivity contribution is 0.419. The maximum absolute atomic E-state index is 6.32. The maximum atomic E-state index is 6.32. The summed E-state index contributed by atoms with van der Waals surface area (Å²) < 4.78 is 12.6. The Morgan fingerprint density at radius 2 is 0.800 bits per heavy atom. The third kappa shape index (κ3) is 4.88. The fourth-order valence-corrected chi connectivity index (χ4v) is 3.55. The van der Waals surface area contributed by atoms with Gasteiger partial charge in [-0.2, -0.15) is 0 Å². The summed E-state index contributed by atoms with van der Waals surface area (Å²) in [4.78, 5) is 0. The molecule has 4 N–H and O–H groups in total. The zero-order valence-electron chi connectivity index (χ0n) is 18.7. The molecule has 0 aliphatic rings. The van der Waals surface area contributed by atoms with Gasteiger partial charge < -0.3 is 20.9 Å². The first-order chi connectivity index (χ1) is 13.9. The van der Waals surface area contributed by atoms with E-state index in [4.69, 9.17) is 20.9 Å². The lowest BCUT2D eigenvalue weighted by atomic mass is 9.74. The van der Waals surface area contributed by atoms with Crippen LogP contribution in [0.3, 0.4) is 0 Å². The molecule has 0 atom stereocenters. The molecule has 3 aromatic carbocycles. The Kier molecular flexibility index (Phi) is 5.71. The summed E-state index contributed by atoms with van der Waals surface area (Å²) >= 11 is 0. The van der Waals surface area contributed by atoms with Crippen LogP contribution in [0, 0.1) is 0 Å². The first-order valence-electron chi connectivity index (χ1n) is 10.2. The molecule has 158 valence electrons. The quantitative estimate of drug-likeness (QED) is 0.458. The van der Waals surface area contributed by atoms with Crippen LogP contribution in [0.15, 0.2) is 60.7 Å². The van der Waals surface area contributed by atoms with Crippen molar-refractivity contribution in [2.24, 2.45) is 0 Å². The normalized spacial score (nSPS) is 11.9. The number of anilines is 2. The SMILES string of the molecule is CC(C)(C)c1c(Oc2ccc(N)cc2)ccc(Oc2ccc(N)cc2)c1C(C)(C)C. The van der Waals surface area contributed by atoms with Crippen molar-refractivity contribution in [2.45, 2.75) is 52.4 Å². The van der Waals surface area contributed by atoms with Gasteiger partial charge in [-0.25, -0.2) is 0 Å². The van der Waals surface area contributed by atoms with Crippen LogP contribution in [-0.2, 0) is 10.8 Å². The largest absolute Gasteiger partial charge is 0.457 e. The highest BCUT2D eigenvalue weighted by Gasteiger charge is 2.32. The number of benzene rings is 3. The molecule has 0 fully saturated rings. The first kappa shape index (κ1) is 21.6. The number of ether oxygens (including phenoxy) is 2. The van der Waals surface area contributed by atoms with E-state index in [0.717, 1.165) is 34.1 Å². The van der Waals surface area contributed by atoms with Crippen LogP contribution in [0.4, 0.5) is 11.4 Å². The Balaban J connectivity index is 2.15. The van der Waals surface area contributed by atoms with Crippen molar-refractivity contribution in [1.29, 1.82) is 0 Å². The van der Waals surface area contributed by atoms with Gasteiger partial charge in [-0.05, 0) is 71.5 Å². The van der Waals surface area contributed by atoms with Crippen LogP contribution in [0.2, 0.25) is 0 Å². The summed E-state index contributed by atoms with van der Waals surface area (Å²) in [5.74, 6) is 3.15. The molecule has 0 radical (unpaired) electrons. The Bertz CT molecular complexity index is 925. The molecule has 0 aromatic heterocycles. The molecule has 0 amide bonds. The number of hydrogen-bond acceptors (Lipinski definition) is 4. The monoisotopic (exact) mass is 404 g/mol. The number of nitrogens with two attached hydrogens (primary N) is 2. The summed E-state index contributed by atoms with van der Waals surface area (Å²) in [5, 5.41) is 0. The minimum absolute atomic E-state index is 0.160. The van der Waals surface area contributed by atoms with Crippen LogP contribution in [0.1, 0.15) is 52.7 Å². The lowest BCUT2D eigenvalue weighted by Crippen LogP contribution is -2.23. The van der Waals surface area contributed by atoms with Crippen molar-refractivity contribution < 1.29 is 9.47 Å². The van der Waals surface area contributed by atoms with Crippen molar-refractivity contribution in [3.8, 4) is 23.0 Å². The minimum atomic E-state index is -0.160. The molecule has 0 unspecified atom stereocenters. The second kappa shape index (κ2) is 7.94. The third-order valence-electron chi connectivity index (χ3n) is 4.84. The van der Waals surface area contributed by atoms with E-state index in [9.17, 15) is 0 Å². The van der Waals surface area contributed by atoms with E-state index in [1.165, 1.54) is 0 Å². The molecule has 0 aliphatic heterocycles. The van der Waals surface area contributed by atoms with Crippen molar-refractivity contribution in [3.63, 3.8) is 0 Å². The summed E-state index contributed by atoms with van der Waals surface area (Å²) in [7, 11) is 0. The van der Waals surface area contributed by atoms with Gasteiger partial charge in [0.05, 0.1) is 0 Å². The highest BCUT2D eigenvalue weighted by molar-refractivity contribution is 5.57. The van der Waals surface area contributed by atoms with Gasteiger partial charge in [-0.3, -0.25) is 0 Å². The molecule has 0 bridgehead atoms. The topological polar surface area (TPSA) is 70.5 Å². The molecular formula is C26H32N2O2. The second-order valence-electron chi connectivity index (χ2n) is 9.65. The fraction of sp³-hybridized carbons (Fsp3) is 0.308. The Labute approximate surface area is 179 Å². The van der Waals surface area contributed by atoms with Crippen molar-refractivity contribution in [1.82, 2.24) is 0 Å². The lowest BCUT2D eigenvalue weighted by Gasteiger charge is -2.33. The van der Waals surface area contributed by atoms with Gasteiger partial charge in [0.15, 0.2) is 0 Å². The van der Waals surface area contributed by atoms with E-state index >= 15 is 0 Å². The molecule has 30 heavy (non-hydrogen) atoms. The molecule has 3 rings (SSSR count). The highest BCUT2D eigenvalue weighted by atomic mass is 16.5. The number of rotatable bonds is 4. The van der Waals surface area contributed by atoms with Crippen LogP contribution >= 0.6 is 0 Å². The molecule has 0 heterocycles. The zero-order chi connectivity index (χ0) is 22.1. The molecule has 4 heteroatoms. The van der Waals surface area contributed by atoms with Crippen molar-refractivity contribution >= 4 is 11.4 Å². The van der Waals surface area contributed by atoms with Crippen LogP contribution in [0.5, 0.6) is 23.0 Å². The van der Waals surface area contributed by atoms with E-state index in [0.29, 0.717) is 11.4 Å². The molecule has 0 saturated heterocycles. The second-order valence-corrected chi connectivity index (χ2v) is 9.65.